The molecule has 0 bridgehead atoms. The Kier molecular flexibility index (Phi) is 3.30. The monoisotopic (exact) mass is 362 g/mol. The first kappa shape index (κ1) is 14.9. The molecule has 4 heteroatoms. The molecule has 5 aromatic rings. The average Bonchev–Trinajstić information content (AvgIpc) is 3.18. The van der Waals surface area contributed by atoms with Crippen molar-refractivity contribution >= 4 is 69.0 Å². The van der Waals surface area contributed by atoms with Crippen molar-refractivity contribution in [1.82, 2.24) is 0 Å². The third kappa shape index (κ3) is 2.11. The van der Waals surface area contributed by atoms with Crippen LogP contribution in [0.1, 0.15) is 17.3 Å². The maximum atomic E-state index is 12.9. The van der Waals surface area contributed by atoms with Gasteiger partial charge in [-0.05, 0) is 25.1 Å². The molecule has 0 fully saturated rings. The molecule has 0 radical (unpaired) electrons. The molecular formula is C21H14O2S2. The Morgan fingerprint density at radius 3 is 2.32 bits per heavy atom. The molecule has 0 saturated heterocycles. The number of hydrogen-bond donors (Lipinski definition) is 0. The average molecular weight is 362 g/mol. The second-order valence-corrected chi connectivity index (χ2v) is 8.05. The minimum absolute atomic E-state index is 0.229. The lowest BCUT2D eigenvalue weighted by Gasteiger charge is -2.06. The molecule has 0 unspecified atom stereocenters. The van der Waals surface area contributed by atoms with Crippen LogP contribution >= 0.6 is 22.7 Å². The topological polar surface area (TPSA) is 26.3 Å². The molecule has 0 amide bonds. The second-order valence-electron chi connectivity index (χ2n) is 5.92. The largest absolute Gasteiger partial charge is 0.462 e. The summed E-state index contributed by atoms with van der Waals surface area (Å²) in [5.41, 5.74) is 0.716. The van der Waals surface area contributed by atoms with Crippen LogP contribution in [0.2, 0.25) is 0 Å². The second kappa shape index (κ2) is 5.55. The highest BCUT2D eigenvalue weighted by Crippen LogP contribution is 2.44. The zero-order valence-electron chi connectivity index (χ0n) is 13.5. The van der Waals surface area contributed by atoms with E-state index in [4.69, 9.17) is 4.74 Å². The molecule has 0 saturated carbocycles. The Hall–Kier alpha value is -2.43. The maximum absolute atomic E-state index is 12.9. The molecule has 0 aliphatic carbocycles. The van der Waals surface area contributed by atoms with Crippen molar-refractivity contribution in [2.45, 2.75) is 6.92 Å². The summed E-state index contributed by atoms with van der Waals surface area (Å²) in [4.78, 5) is 12.9. The van der Waals surface area contributed by atoms with Crippen LogP contribution in [0, 0.1) is 0 Å². The smallest absolute Gasteiger partial charge is 0.340 e. The predicted octanol–water partition coefficient (Wildman–Crippen LogP) is 6.60. The van der Waals surface area contributed by atoms with Gasteiger partial charge in [0.15, 0.2) is 0 Å². The molecule has 3 aromatic carbocycles. The van der Waals surface area contributed by atoms with Crippen LogP contribution in [-0.2, 0) is 4.74 Å². The molecule has 2 heterocycles. The zero-order valence-corrected chi connectivity index (χ0v) is 15.2. The molecule has 0 aliphatic rings. The summed E-state index contributed by atoms with van der Waals surface area (Å²) in [6.45, 7) is 2.23. The van der Waals surface area contributed by atoms with Gasteiger partial charge in [0, 0.05) is 35.6 Å². The highest BCUT2D eigenvalue weighted by atomic mass is 32.1. The van der Waals surface area contributed by atoms with E-state index in [2.05, 4.69) is 30.3 Å². The molecule has 0 aliphatic heterocycles. The van der Waals surface area contributed by atoms with E-state index in [-0.39, 0.29) is 5.97 Å². The lowest BCUT2D eigenvalue weighted by molar-refractivity contribution is 0.0531. The molecule has 5 rings (SSSR count). The van der Waals surface area contributed by atoms with E-state index in [1.165, 1.54) is 14.8 Å². The van der Waals surface area contributed by atoms with E-state index in [9.17, 15) is 4.79 Å². The fraction of sp³-hybridized carbons (Fsp3) is 0.0952. The van der Waals surface area contributed by atoms with Gasteiger partial charge in [0.25, 0.3) is 0 Å². The number of carbonyl (C=O) groups excluding carboxylic acids is 1. The van der Waals surface area contributed by atoms with Crippen LogP contribution in [0.25, 0.3) is 40.3 Å². The van der Waals surface area contributed by atoms with Crippen LogP contribution in [0.15, 0.2) is 54.6 Å². The Bertz CT molecular complexity index is 1270. The van der Waals surface area contributed by atoms with Crippen LogP contribution in [0.4, 0.5) is 0 Å². The van der Waals surface area contributed by atoms with Crippen LogP contribution in [0.5, 0.6) is 0 Å². The van der Waals surface area contributed by atoms with Gasteiger partial charge in [-0.15, -0.1) is 22.7 Å². The lowest BCUT2D eigenvalue weighted by Crippen LogP contribution is -2.05. The van der Waals surface area contributed by atoms with E-state index >= 15 is 0 Å². The number of thiophene rings is 2. The highest BCUT2D eigenvalue weighted by Gasteiger charge is 2.22. The molecule has 0 N–H and O–H groups in total. The van der Waals surface area contributed by atoms with Gasteiger partial charge in [0.05, 0.1) is 16.9 Å². The van der Waals surface area contributed by atoms with Crippen LogP contribution in [0.3, 0.4) is 0 Å². The van der Waals surface area contributed by atoms with Crippen molar-refractivity contribution in [2.75, 3.05) is 6.61 Å². The molecule has 25 heavy (non-hydrogen) atoms. The number of fused-ring (bicyclic) bond motifs is 6. The van der Waals surface area contributed by atoms with E-state index < -0.39 is 0 Å². The van der Waals surface area contributed by atoms with Gasteiger partial charge >= 0.3 is 5.97 Å². The van der Waals surface area contributed by atoms with Crippen molar-refractivity contribution in [3.05, 3.63) is 60.2 Å². The van der Waals surface area contributed by atoms with Crippen molar-refractivity contribution in [2.24, 2.45) is 0 Å². The SMILES string of the molecule is CCOC(=O)c1c2sc3ccccc3c2cc2sc3ccccc3c12. The molecular weight excluding hydrogens is 348 g/mol. The molecule has 122 valence electrons. The molecule has 0 spiro atoms. The Labute approximate surface area is 152 Å². The summed E-state index contributed by atoms with van der Waals surface area (Å²) in [6.07, 6.45) is 0. The minimum Gasteiger partial charge on any atom is -0.462 e. The van der Waals surface area contributed by atoms with E-state index in [1.807, 2.05) is 31.2 Å². The van der Waals surface area contributed by atoms with E-state index in [1.54, 1.807) is 22.7 Å². The van der Waals surface area contributed by atoms with Gasteiger partial charge in [-0.1, -0.05) is 36.4 Å². The summed E-state index contributed by atoms with van der Waals surface area (Å²) >= 11 is 3.41. The summed E-state index contributed by atoms with van der Waals surface area (Å²) in [6, 6.07) is 18.8. The van der Waals surface area contributed by atoms with Gasteiger partial charge in [0.1, 0.15) is 0 Å². The summed E-state index contributed by atoms with van der Waals surface area (Å²) in [5.74, 6) is -0.229. The summed E-state index contributed by atoms with van der Waals surface area (Å²) in [7, 11) is 0. The van der Waals surface area contributed by atoms with Crippen molar-refractivity contribution in [3.8, 4) is 0 Å². The Balaban J connectivity index is 2.04. The van der Waals surface area contributed by atoms with Gasteiger partial charge in [-0.2, -0.15) is 0 Å². The first-order valence-corrected chi connectivity index (χ1v) is 9.84. The molecule has 2 aromatic heterocycles. The maximum Gasteiger partial charge on any atom is 0.340 e. The Morgan fingerprint density at radius 2 is 1.56 bits per heavy atom. The Morgan fingerprint density at radius 1 is 0.880 bits per heavy atom. The van der Waals surface area contributed by atoms with E-state index in [0.29, 0.717) is 12.2 Å². The van der Waals surface area contributed by atoms with Gasteiger partial charge in [-0.3, -0.25) is 0 Å². The number of benzene rings is 3. The number of esters is 1. The number of carbonyl (C=O) groups is 1. The minimum atomic E-state index is -0.229. The van der Waals surface area contributed by atoms with Crippen LogP contribution in [-0.4, -0.2) is 12.6 Å². The third-order valence-electron chi connectivity index (χ3n) is 4.49. The zero-order chi connectivity index (χ0) is 17.0. The first-order valence-electron chi connectivity index (χ1n) is 8.20. The fourth-order valence-corrected chi connectivity index (χ4v) is 5.84. The summed E-state index contributed by atoms with van der Waals surface area (Å²) in [5, 5.41) is 4.50. The standard InChI is InChI=1S/C21H14O2S2/c1-2-23-21(22)19-18-13-8-4-6-10-16(13)24-17(18)11-14-12-7-3-5-9-15(12)25-20(14)19/h3-11H,2H2,1H3. The predicted molar refractivity (Wildman–Crippen MR) is 108 cm³/mol. The molecule has 0 atom stereocenters. The van der Waals surface area contributed by atoms with E-state index in [0.717, 1.165) is 25.6 Å². The molecule has 2 nitrogen and oxygen atoms in total. The van der Waals surface area contributed by atoms with Crippen LogP contribution < -0.4 is 0 Å². The van der Waals surface area contributed by atoms with Gasteiger partial charge in [0.2, 0.25) is 0 Å². The van der Waals surface area contributed by atoms with Gasteiger partial charge in [-0.25, -0.2) is 4.79 Å². The van der Waals surface area contributed by atoms with Gasteiger partial charge < -0.3 is 4.74 Å². The quantitative estimate of drug-likeness (QED) is 0.331. The number of ether oxygens (including phenoxy) is 1. The number of hydrogen-bond acceptors (Lipinski definition) is 4. The normalized spacial score (nSPS) is 11.7. The third-order valence-corrected chi connectivity index (χ3v) is 6.81. The first-order chi connectivity index (χ1) is 12.3. The van der Waals surface area contributed by atoms with Crippen molar-refractivity contribution < 1.29 is 9.53 Å². The summed E-state index contributed by atoms with van der Waals surface area (Å²) < 4.78 is 9.99. The highest BCUT2D eigenvalue weighted by molar-refractivity contribution is 7.28. The van der Waals surface area contributed by atoms with Crippen molar-refractivity contribution in [1.29, 1.82) is 0 Å². The number of rotatable bonds is 2. The van der Waals surface area contributed by atoms with Crippen molar-refractivity contribution in [3.63, 3.8) is 0 Å². The fourth-order valence-electron chi connectivity index (χ4n) is 3.46. The lowest BCUT2D eigenvalue weighted by atomic mass is 10.0.